The Morgan fingerprint density at radius 1 is 0.919 bits per heavy atom. The van der Waals surface area contributed by atoms with Gasteiger partial charge in [-0.2, -0.15) is 0 Å². The number of nitrogens with zero attached hydrogens (tertiary/aromatic N) is 1. The average molecular weight is 615 g/mol. The molecule has 0 radical (unpaired) electrons. The van der Waals surface area contributed by atoms with Crippen LogP contribution in [0.3, 0.4) is 0 Å². The van der Waals surface area contributed by atoms with Crippen LogP contribution >= 0.6 is 22.6 Å². The van der Waals surface area contributed by atoms with Crippen molar-refractivity contribution in [3.05, 3.63) is 79.5 Å². The summed E-state index contributed by atoms with van der Waals surface area (Å²) in [4.78, 5) is 29.0. The van der Waals surface area contributed by atoms with E-state index in [0.29, 0.717) is 30.9 Å². The van der Waals surface area contributed by atoms with Gasteiger partial charge in [-0.1, -0.05) is 12.1 Å². The fraction of sp³-hybridized carbons (Fsp3) is 0.400. The second-order valence-corrected chi connectivity index (χ2v) is 10.8. The highest BCUT2D eigenvalue weighted by Gasteiger charge is 2.43. The van der Waals surface area contributed by atoms with Crippen molar-refractivity contribution in [2.24, 2.45) is 0 Å². The summed E-state index contributed by atoms with van der Waals surface area (Å²) < 4.78 is 26.3. The van der Waals surface area contributed by atoms with E-state index >= 15 is 0 Å². The largest absolute Gasteiger partial charge is 0.490 e. The minimum absolute atomic E-state index is 0.138. The molecule has 0 fully saturated rings. The molecule has 0 atom stereocenters. The standard InChI is InChI=1S/C30H31FINO4/c1-3-33-22-7-5-9-24(34)28(22)27(29-23(33)8-6-10-25(29)35)19-15-21(32)30(26(16-19)36-4-2)37-17-18-11-13-20(31)14-12-18/h11-16,27H,3-10,17H2,1-2H3. The van der Waals surface area contributed by atoms with Crippen molar-refractivity contribution in [1.29, 1.82) is 0 Å². The molecule has 0 N–H and O–H groups in total. The van der Waals surface area contributed by atoms with Crippen LogP contribution in [0.4, 0.5) is 4.39 Å². The predicted octanol–water partition coefficient (Wildman–Crippen LogP) is 6.84. The second kappa shape index (κ2) is 11.0. The Morgan fingerprint density at radius 2 is 1.54 bits per heavy atom. The third kappa shape index (κ3) is 4.94. The van der Waals surface area contributed by atoms with Crippen LogP contribution in [0.25, 0.3) is 0 Å². The molecule has 2 aromatic carbocycles. The molecule has 0 saturated heterocycles. The highest BCUT2D eigenvalue weighted by Crippen LogP contribution is 2.50. The van der Waals surface area contributed by atoms with Gasteiger partial charge in [0.25, 0.3) is 0 Å². The Hall–Kier alpha value is -2.68. The van der Waals surface area contributed by atoms with Crippen LogP contribution in [0.5, 0.6) is 11.5 Å². The first-order chi connectivity index (χ1) is 17.9. The smallest absolute Gasteiger partial charge is 0.174 e. The normalized spacial score (nSPS) is 18.2. The number of benzene rings is 2. The third-order valence-corrected chi connectivity index (χ3v) is 8.17. The summed E-state index contributed by atoms with van der Waals surface area (Å²) in [6, 6.07) is 10.2. The maximum absolute atomic E-state index is 13.4. The lowest BCUT2D eigenvalue weighted by Gasteiger charge is -2.43. The van der Waals surface area contributed by atoms with Crippen molar-refractivity contribution < 1.29 is 23.5 Å². The summed E-state index contributed by atoms with van der Waals surface area (Å²) in [5.74, 6) is 0.796. The van der Waals surface area contributed by atoms with Gasteiger partial charge in [0.2, 0.25) is 0 Å². The van der Waals surface area contributed by atoms with Gasteiger partial charge in [-0.15, -0.1) is 0 Å². The lowest BCUT2D eigenvalue weighted by Crippen LogP contribution is -2.39. The van der Waals surface area contributed by atoms with Crippen molar-refractivity contribution in [3.63, 3.8) is 0 Å². The van der Waals surface area contributed by atoms with Crippen LogP contribution < -0.4 is 9.47 Å². The molecular weight excluding hydrogens is 584 g/mol. The molecule has 0 bridgehead atoms. The van der Waals surface area contributed by atoms with Gasteiger partial charge in [0.15, 0.2) is 23.1 Å². The van der Waals surface area contributed by atoms with Gasteiger partial charge in [0.05, 0.1) is 10.2 Å². The first-order valence-electron chi connectivity index (χ1n) is 13.1. The van der Waals surface area contributed by atoms with E-state index in [1.807, 2.05) is 19.1 Å². The molecule has 5 rings (SSSR count). The molecule has 1 aliphatic heterocycles. The van der Waals surface area contributed by atoms with E-state index in [2.05, 4.69) is 34.4 Å². The molecule has 1 heterocycles. The van der Waals surface area contributed by atoms with Gasteiger partial charge in [0.1, 0.15) is 12.4 Å². The van der Waals surface area contributed by atoms with Crippen LogP contribution in [0.2, 0.25) is 0 Å². The molecular formula is C30H31FINO4. The molecule has 37 heavy (non-hydrogen) atoms. The van der Waals surface area contributed by atoms with Crippen molar-refractivity contribution in [1.82, 2.24) is 4.90 Å². The highest BCUT2D eigenvalue weighted by molar-refractivity contribution is 14.1. The Labute approximate surface area is 230 Å². The Morgan fingerprint density at radius 3 is 2.11 bits per heavy atom. The number of rotatable bonds is 7. The summed E-state index contributed by atoms with van der Waals surface area (Å²) in [5, 5.41) is 0. The van der Waals surface area contributed by atoms with Gasteiger partial charge >= 0.3 is 0 Å². The van der Waals surface area contributed by atoms with Crippen molar-refractivity contribution in [2.75, 3.05) is 13.2 Å². The number of ether oxygens (including phenoxy) is 2. The fourth-order valence-corrected chi connectivity index (χ4v) is 6.61. The molecule has 7 heteroatoms. The number of halogens is 2. The zero-order chi connectivity index (χ0) is 26.1. The summed E-state index contributed by atoms with van der Waals surface area (Å²) in [6.07, 6.45) is 4.41. The number of ketones is 2. The Kier molecular flexibility index (Phi) is 7.70. The average Bonchev–Trinajstić information content (AvgIpc) is 2.88. The van der Waals surface area contributed by atoms with Crippen molar-refractivity contribution in [2.45, 2.75) is 64.9 Å². The Balaban J connectivity index is 1.60. The first-order valence-corrected chi connectivity index (χ1v) is 14.1. The SMILES string of the molecule is CCOc1cc(C2C3=C(CCCC3=O)N(CC)C3=C2C(=O)CCC3)cc(I)c1OCc1ccc(F)cc1. The van der Waals surface area contributed by atoms with Gasteiger partial charge in [-0.3, -0.25) is 9.59 Å². The topological polar surface area (TPSA) is 55.8 Å². The van der Waals surface area contributed by atoms with E-state index in [-0.39, 0.29) is 29.9 Å². The van der Waals surface area contributed by atoms with E-state index in [9.17, 15) is 14.0 Å². The number of Topliss-reactive ketones (excluding diaryl/α,β-unsaturated/α-hetero) is 2. The molecule has 0 saturated carbocycles. The van der Waals surface area contributed by atoms with Crippen LogP contribution in [0, 0.1) is 9.39 Å². The van der Waals surface area contributed by atoms with Crippen LogP contribution in [-0.4, -0.2) is 29.6 Å². The predicted molar refractivity (Wildman–Crippen MR) is 148 cm³/mol. The molecule has 0 unspecified atom stereocenters. The first kappa shape index (κ1) is 25.9. The molecule has 3 aliphatic rings. The number of hydrogen-bond acceptors (Lipinski definition) is 5. The monoisotopic (exact) mass is 615 g/mol. The molecule has 2 aromatic rings. The van der Waals surface area contributed by atoms with Crippen LogP contribution in [-0.2, 0) is 16.2 Å². The zero-order valence-corrected chi connectivity index (χ0v) is 23.4. The second-order valence-electron chi connectivity index (χ2n) is 9.63. The maximum Gasteiger partial charge on any atom is 0.174 e. The minimum Gasteiger partial charge on any atom is -0.490 e. The summed E-state index contributed by atoms with van der Waals surface area (Å²) >= 11 is 2.24. The fourth-order valence-electron chi connectivity index (χ4n) is 5.83. The van der Waals surface area contributed by atoms with E-state index in [1.54, 1.807) is 12.1 Å². The Bertz CT molecular complexity index is 1250. The van der Waals surface area contributed by atoms with E-state index in [1.165, 1.54) is 12.1 Å². The van der Waals surface area contributed by atoms with Crippen LogP contribution in [0.1, 0.15) is 69.4 Å². The number of allylic oxidation sites excluding steroid dienone is 4. The number of hydrogen-bond donors (Lipinski definition) is 0. The van der Waals surface area contributed by atoms with Gasteiger partial charge < -0.3 is 14.4 Å². The van der Waals surface area contributed by atoms with Crippen molar-refractivity contribution >= 4 is 34.2 Å². The molecule has 0 aromatic heterocycles. The highest BCUT2D eigenvalue weighted by atomic mass is 127. The molecule has 2 aliphatic carbocycles. The third-order valence-electron chi connectivity index (χ3n) is 7.36. The minimum atomic E-state index is -0.382. The van der Waals surface area contributed by atoms with E-state index in [0.717, 1.165) is 69.5 Å². The molecule has 0 amide bonds. The van der Waals surface area contributed by atoms with Gasteiger partial charge in [-0.25, -0.2) is 4.39 Å². The van der Waals surface area contributed by atoms with Gasteiger partial charge in [0, 0.05) is 47.8 Å². The zero-order valence-electron chi connectivity index (χ0n) is 21.2. The lowest BCUT2D eigenvalue weighted by molar-refractivity contribution is -0.117. The molecule has 0 spiro atoms. The van der Waals surface area contributed by atoms with Crippen molar-refractivity contribution in [3.8, 4) is 11.5 Å². The number of carbonyl (C=O) groups excluding carboxylic acids is 2. The van der Waals surface area contributed by atoms with E-state index in [4.69, 9.17) is 9.47 Å². The van der Waals surface area contributed by atoms with Crippen LogP contribution in [0.15, 0.2) is 58.9 Å². The number of carbonyl (C=O) groups is 2. The summed E-state index contributed by atoms with van der Waals surface area (Å²) in [6.45, 7) is 5.48. The van der Waals surface area contributed by atoms with Gasteiger partial charge in [-0.05, 0) is 97.5 Å². The molecule has 5 nitrogen and oxygen atoms in total. The summed E-state index contributed by atoms with van der Waals surface area (Å²) in [5.41, 5.74) is 5.47. The summed E-state index contributed by atoms with van der Waals surface area (Å²) in [7, 11) is 0. The maximum atomic E-state index is 13.4. The molecule has 194 valence electrons. The van der Waals surface area contributed by atoms with E-state index < -0.39 is 0 Å². The lowest BCUT2D eigenvalue weighted by atomic mass is 9.71. The quantitative estimate of drug-likeness (QED) is 0.320.